The summed E-state index contributed by atoms with van der Waals surface area (Å²) in [6.45, 7) is 5.27. The van der Waals surface area contributed by atoms with E-state index in [4.69, 9.17) is 0 Å². The maximum Gasteiger partial charge on any atom is 0.430 e. The maximum atomic E-state index is 13.4. The number of alkyl halides is 6. The number of sulfonamides is 1. The molecule has 210 valence electrons. The molecule has 0 spiro atoms. The molecule has 12 heteroatoms. The zero-order chi connectivity index (χ0) is 28.3. The Bertz CT molecular complexity index is 1280. The van der Waals surface area contributed by atoms with E-state index < -0.39 is 33.5 Å². The maximum absolute atomic E-state index is 13.4. The summed E-state index contributed by atoms with van der Waals surface area (Å²) in [4.78, 5) is 2.21. The van der Waals surface area contributed by atoms with Crippen LogP contribution in [0.2, 0.25) is 0 Å². The van der Waals surface area contributed by atoms with Crippen molar-refractivity contribution in [2.75, 3.05) is 19.3 Å². The first-order valence-electron chi connectivity index (χ1n) is 12.3. The third kappa shape index (κ3) is 5.07. The number of nitrogens with zero attached hydrogens (tertiary/aromatic N) is 2. The van der Waals surface area contributed by atoms with E-state index in [-0.39, 0.29) is 24.1 Å². The number of aliphatic hydroxyl groups is 1. The molecule has 5 nitrogen and oxygen atoms in total. The van der Waals surface area contributed by atoms with Gasteiger partial charge in [-0.15, -0.1) is 0 Å². The van der Waals surface area contributed by atoms with E-state index in [9.17, 15) is 39.9 Å². The highest BCUT2D eigenvalue weighted by atomic mass is 32.2. The lowest BCUT2D eigenvalue weighted by Crippen LogP contribution is -2.54. The van der Waals surface area contributed by atoms with Gasteiger partial charge in [0.05, 0.1) is 6.26 Å². The molecule has 0 aromatic heterocycles. The molecule has 2 unspecified atom stereocenters. The fourth-order valence-corrected chi connectivity index (χ4v) is 7.30. The number of fused-ring (bicyclic) bond motifs is 2. The molecule has 0 radical (unpaired) electrons. The van der Waals surface area contributed by atoms with Crippen LogP contribution in [-0.4, -0.2) is 66.5 Å². The number of hydrogen-bond acceptors (Lipinski definition) is 4. The standard InChI is InChI=1S/C26H30F6N2O3S/c1-4-18-12-19(24(35,25(27,28)29)26(30,31)32)6-10-23(18)22-9-5-17(11-16(22)2)13-33-14-20-7-8-21(15-33)34(20)38(3,36)37/h5-6,9-12,20-21,35H,4,7-8,13-15H2,1-3H3. The van der Waals surface area contributed by atoms with Crippen LogP contribution in [0.3, 0.4) is 0 Å². The first kappa shape index (κ1) is 28.8. The van der Waals surface area contributed by atoms with E-state index in [2.05, 4.69) is 4.90 Å². The van der Waals surface area contributed by atoms with Crippen molar-refractivity contribution in [1.29, 1.82) is 0 Å². The van der Waals surface area contributed by atoms with Crippen molar-refractivity contribution in [2.45, 2.75) is 69.7 Å². The number of rotatable bonds is 6. The van der Waals surface area contributed by atoms with Crippen LogP contribution in [0, 0.1) is 6.92 Å². The Kier molecular flexibility index (Phi) is 7.44. The molecular weight excluding hydrogens is 534 g/mol. The van der Waals surface area contributed by atoms with Crippen molar-refractivity contribution < 1.29 is 39.9 Å². The molecule has 0 aliphatic carbocycles. The molecule has 2 aliphatic rings. The lowest BCUT2D eigenvalue weighted by atomic mass is 9.86. The van der Waals surface area contributed by atoms with E-state index >= 15 is 0 Å². The largest absolute Gasteiger partial charge is 0.430 e. The SMILES string of the molecule is CCc1cc(C(O)(C(F)(F)F)C(F)(F)F)ccc1-c1ccc(CN2CC3CCC(C2)N3S(C)(=O)=O)cc1C. The second kappa shape index (κ2) is 9.79. The van der Waals surface area contributed by atoms with Gasteiger partial charge in [-0.25, -0.2) is 8.42 Å². The van der Waals surface area contributed by atoms with Crippen molar-refractivity contribution in [3.63, 3.8) is 0 Å². The van der Waals surface area contributed by atoms with Gasteiger partial charge in [-0.3, -0.25) is 4.90 Å². The van der Waals surface area contributed by atoms with Crippen molar-refractivity contribution >= 4 is 10.0 Å². The molecule has 2 aromatic carbocycles. The molecule has 2 aliphatic heterocycles. The van der Waals surface area contributed by atoms with E-state index in [0.717, 1.165) is 30.0 Å². The van der Waals surface area contributed by atoms with Crippen molar-refractivity contribution in [3.8, 4) is 11.1 Å². The zero-order valence-electron chi connectivity index (χ0n) is 21.2. The second-order valence-corrected chi connectivity index (χ2v) is 12.1. The summed E-state index contributed by atoms with van der Waals surface area (Å²) >= 11 is 0. The summed E-state index contributed by atoms with van der Waals surface area (Å²) < 4.78 is 106. The predicted octanol–water partition coefficient (Wildman–Crippen LogP) is 5.14. The second-order valence-electron chi connectivity index (χ2n) is 10.3. The highest BCUT2D eigenvalue weighted by Crippen LogP contribution is 2.50. The van der Waals surface area contributed by atoms with E-state index in [0.29, 0.717) is 36.8 Å². The van der Waals surface area contributed by atoms with Gasteiger partial charge >= 0.3 is 12.4 Å². The Morgan fingerprint density at radius 2 is 1.47 bits per heavy atom. The third-order valence-corrected chi connectivity index (χ3v) is 8.95. The summed E-state index contributed by atoms with van der Waals surface area (Å²) in [5.74, 6) is 0. The van der Waals surface area contributed by atoms with Crippen molar-refractivity contribution in [2.24, 2.45) is 0 Å². The van der Waals surface area contributed by atoms with Gasteiger partial charge in [0.25, 0.3) is 5.60 Å². The molecule has 2 aromatic rings. The van der Waals surface area contributed by atoms with Crippen molar-refractivity contribution in [1.82, 2.24) is 9.21 Å². The average molecular weight is 565 g/mol. The normalized spacial score (nSPS) is 21.7. The number of hydrogen-bond donors (Lipinski definition) is 1. The number of halogens is 6. The minimum Gasteiger partial charge on any atom is -0.369 e. The van der Waals surface area contributed by atoms with Crippen LogP contribution >= 0.6 is 0 Å². The minimum atomic E-state index is -5.94. The zero-order valence-corrected chi connectivity index (χ0v) is 22.0. The van der Waals surface area contributed by atoms with Gasteiger partial charge in [-0.05, 0) is 54.0 Å². The quantitative estimate of drug-likeness (QED) is 0.494. The van der Waals surface area contributed by atoms with Crippen LogP contribution in [-0.2, 0) is 28.6 Å². The molecule has 2 heterocycles. The first-order valence-corrected chi connectivity index (χ1v) is 14.1. The molecule has 2 bridgehead atoms. The Morgan fingerprint density at radius 1 is 0.921 bits per heavy atom. The third-order valence-electron chi connectivity index (χ3n) is 7.59. The van der Waals surface area contributed by atoms with Crippen LogP contribution in [0.1, 0.15) is 42.0 Å². The summed E-state index contributed by atoms with van der Waals surface area (Å²) in [5, 5.41) is 9.80. The highest BCUT2D eigenvalue weighted by molar-refractivity contribution is 7.88. The topological polar surface area (TPSA) is 60.9 Å². The summed E-state index contributed by atoms with van der Waals surface area (Å²) in [5.41, 5.74) is -3.06. The molecule has 1 N–H and O–H groups in total. The summed E-state index contributed by atoms with van der Waals surface area (Å²) in [6, 6.07) is 8.13. The molecule has 2 fully saturated rings. The number of aryl methyl sites for hydroxylation is 2. The lowest BCUT2D eigenvalue weighted by Gasteiger charge is -2.39. The van der Waals surface area contributed by atoms with E-state index in [1.165, 1.54) is 12.3 Å². The van der Waals surface area contributed by atoms with Crippen LogP contribution in [0.15, 0.2) is 36.4 Å². The van der Waals surface area contributed by atoms with Gasteiger partial charge in [-0.2, -0.15) is 30.6 Å². The Morgan fingerprint density at radius 3 is 1.95 bits per heavy atom. The van der Waals surface area contributed by atoms with Crippen molar-refractivity contribution in [3.05, 3.63) is 58.7 Å². The Hall–Kier alpha value is -2.15. The van der Waals surface area contributed by atoms with Gasteiger partial charge < -0.3 is 5.11 Å². The fraction of sp³-hybridized carbons (Fsp3) is 0.538. The number of benzene rings is 2. The predicted molar refractivity (Wildman–Crippen MR) is 131 cm³/mol. The molecule has 0 saturated carbocycles. The fourth-order valence-electron chi connectivity index (χ4n) is 5.87. The molecule has 38 heavy (non-hydrogen) atoms. The van der Waals surface area contributed by atoms with Gasteiger partial charge in [0.15, 0.2) is 0 Å². The summed E-state index contributed by atoms with van der Waals surface area (Å²) in [6.07, 6.45) is -8.85. The monoisotopic (exact) mass is 564 g/mol. The summed E-state index contributed by atoms with van der Waals surface area (Å²) in [7, 11) is -3.27. The number of likely N-dealkylation sites (tertiary alicyclic amines) is 1. The van der Waals surface area contributed by atoms with Crippen LogP contribution in [0.4, 0.5) is 26.3 Å². The minimum absolute atomic E-state index is 0.0539. The highest BCUT2D eigenvalue weighted by Gasteiger charge is 2.71. The van der Waals surface area contributed by atoms with Gasteiger partial charge in [0.1, 0.15) is 0 Å². The molecule has 2 atom stereocenters. The average Bonchev–Trinajstić information content (AvgIpc) is 3.09. The first-order chi connectivity index (χ1) is 17.5. The van der Waals surface area contributed by atoms with Gasteiger partial charge in [0, 0.05) is 37.3 Å². The molecule has 0 amide bonds. The van der Waals surface area contributed by atoms with Crippen LogP contribution < -0.4 is 0 Å². The smallest absolute Gasteiger partial charge is 0.369 e. The molecular formula is C26H30F6N2O3S. The van der Waals surface area contributed by atoms with Crippen LogP contribution in [0.5, 0.6) is 0 Å². The number of piperazine rings is 1. The van der Waals surface area contributed by atoms with E-state index in [1.54, 1.807) is 17.3 Å². The molecule has 4 rings (SSSR count). The Balaban J connectivity index is 1.59. The van der Waals surface area contributed by atoms with Gasteiger partial charge in [-0.1, -0.05) is 43.3 Å². The van der Waals surface area contributed by atoms with Gasteiger partial charge in [0.2, 0.25) is 10.0 Å². The molecule has 2 saturated heterocycles. The van der Waals surface area contributed by atoms with Crippen LogP contribution in [0.25, 0.3) is 11.1 Å². The van der Waals surface area contributed by atoms with E-state index in [1.807, 2.05) is 19.1 Å². The Labute approximate surface area is 218 Å². The lowest BCUT2D eigenvalue weighted by molar-refractivity contribution is -0.376.